The number of carbonyl (C=O) groups is 1. The summed E-state index contributed by atoms with van der Waals surface area (Å²) in [6, 6.07) is 14.9. The number of aryl methyl sites for hydroxylation is 2. The van der Waals surface area contributed by atoms with Crippen molar-refractivity contribution < 1.29 is 14.6 Å². The fourth-order valence-corrected chi connectivity index (χ4v) is 3.21. The van der Waals surface area contributed by atoms with Crippen LogP contribution in [0.4, 0.5) is 0 Å². The standard InChI is InChI=1S/C19H17NO3S/c1-23-16-4-2-3-15(11-16)17-12-24-18(20-17)10-7-13-5-8-14(9-6-13)19(21)22/h2-6,8-9,11-12H,7,10H2,1H3,(H,21,22). The number of aromatic nitrogens is 1. The number of nitrogens with zero attached hydrogens (tertiary/aromatic N) is 1. The summed E-state index contributed by atoms with van der Waals surface area (Å²) in [5.41, 5.74) is 3.42. The Kier molecular flexibility index (Phi) is 4.91. The smallest absolute Gasteiger partial charge is 0.335 e. The topological polar surface area (TPSA) is 59.4 Å². The molecule has 0 spiro atoms. The molecule has 1 N–H and O–H groups in total. The molecular weight excluding hydrogens is 322 g/mol. The number of rotatable bonds is 6. The Morgan fingerprint density at radius 2 is 1.96 bits per heavy atom. The minimum absolute atomic E-state index is 0.313. The molecule has 0 fully saturated rings. The van der Waals surface area contributed by atoms with Crippen molar-refractivity contribution in [1.29, 1.82) is 0 Å². The lowest BCUT2D eigenvalue weighted by molar-refractivity contribution is 0.0697. The number of ether oxygens (including phenoxy) is 1. The molecule has 0 radical (unpaired) electrons. The van der Waals surface area contributed by atoms with E-state index in [0.717, 1.165) is 40.4 Å². The summed E-state index contributed by atoms with van der Waals surface area (Å²) in [7, 11) is 1.65. The summed E-state index contributed by atoms with van der Waals surface area (Å²) in [6.07, 6.45) is 1.67. The van der Waals surface area contributed by atoms with Crippen molar-refractivity contribution in [3.63, 3.8) is 0 Å². The van der Waals surface area contributed by atoms with Crippen LogP contribution in [0.3, 0.4) is 0 Å². The van der Waals surface area contributed by atoms with E-state index in [9.17, 15) is 4.79 Å². The average molecular weight is 339 g/mol. The van der Waals surface area contributed by atoms with E-state index >= 15 is 0 Å². The zero-order valence-electron chi connectivity index (χ0n) is 13.2. The zero-order chi connectivity index (χ0) is 16.9. The van der Waals surface area contributed by atoms with Crippen LogP contribution in [0.1, 0.15) is 20.9 Å². The van der Waals surface area contributed by atoms with Gasteiger partial charge < -0.3 is 9.84 Å². The maximum Gasteiger partial charge on any atom is 0.335 e. The van der Waals surface area contributed by atoms with E-state index in [-0.39, 0.29) is 0 Å². The summed E-state index contributed by atoms with van der Waals surface area (Å²) in [5.74, 6) is -0.0787. The van der Waals surface area contributed by atoms with Crippen molar-refractivity contribution in [3.05, 3.63) is 70.0 Å². The summed E-state index contributed by atoms with van der Waals surface area (Å²) in [4.78, 5) is 15.5. The van der Waals surface area contributed by atoms with E-state index in [4.69, 9.17) is 9.84 Å². The monoisotopic (exact) mass is 339 g/mol. The lowest BCUT2D eigenvalue weighted by Gasteiger charge is -2.02. The number of carboxylic acid groups (broad SMARTS) is 1. The molecule has 0 unspecified atom stereocenters. The molecule has 0 aliphatic heterocycles. The third-order valence-corrected chi connectivity index (χ3v) is 4.65. The molecule has 24 heavy (non-hydrogen) atoms. The van der Waals surface area contributed by atoms with Crippen LogP contribution >= 0.6 is 11.3 Å². The van der Waals surface area contributed by atoms with Crippen molar-refractivity contribution in [2.45, 2.75) is 12.8 Å². The van der Waals surface area contributed by atoms with Crippen molar-refractivity contribution in [1.82, 2.24) is 4.98 Å². The molecule has 0 aliphatic rings. The molecule has 0 aliphatic carbocycles. The Bertz CT molecular complexity index is 840. The van der Waals surface area contributed by atoms with Gasteiger partial charge in [0, 0.05) is 17.4 Å². The molecule has 4 nitrogen and oxygen atoms in total. The van der Waals surface area contributed by atoms with E-state index in [1.807, 2.05) is 36.4 Å². The highest BCUT2D eigenvalue weighted by atomic mass is 32.1. The maximum absolute atomic E-state index is 10.9. The third kappa shape index (κ3) is 3.81. The molecule has 1 heterocycles. The summed E-state index contributed by atoms with van der Waals surface area (Å²) in [6.45, 7) is 0. The zero-order valence-corrected chi connectivity index (χ0v) is 14.0. The van der Waals surface area contributed by atoms with E-state index in [1.54, 1.807) is 30.6 Å². The van der Waals surface area contributed by atoms with Gasteiger partial charge in [0.1, 0.15) is 5.75 Å². The molecule has 0 bridgehead atoms. The normalized spacial score (nSPS) is 10.5. The average Bonchev–Trinajstić information content (AvgIpc) is 3.09. The summed E-state index contributed by atoms with van der Waals surface area (Å²) in [5, 5.41) is 12.0. The van der Waals surface area contributed by atoms with E-state index in [0.29, 0.717) is 5.56 Å². The van der Waals surface area contributed by atoms with Crippen LogP contribution in [0.2, 0.25) is 0 Å². The minimum atomic E-state index is -0.899. The minimum Gasteiger partial charge on any atom is -0.497 e. The van der Waals surface area contributed by atoms with Crippen LogP contribution < -0.4 is 4.74 Å². The van der Waals surface area contributed by atoms with Crippen molar-refractivity contribution >= 4 is 17.3 Å². The van der Waals surface area contributed by atoms with Gasteiger partial charge >= 0.3 is 5.97 Å². The van der Waals surface area contributed by atoms with Gasteiger partial charge in [-0.15, -0.1) is 11.3 Å². The first-order valence-corrected chi connectivity index (χ1v) is 8.45. The van der Waals surface area contributed by atoms with E-state index in [1.165, 1.54) is 0 Å². The van der Waals surface area contributed by atoms with Crippen LogP contribution in [-0.2, 0) is 12.8 Å². The van der Waals surface area contributed by atoms with Gasteiger partial charge in [-0.3, -0.25) is 0 Å². The number of benzene rings is 2. The van der Waals surface area contributed by atoms with Crippen LogP contribution in [0.15, 0.2) is 53.9 Å². The number of aromatic carboxylic acids is 1. The second kappa shape index (κ2) is 7.27. The van der Waals surface area contributed by atoms with E-state index < -0.39 is 5.97 Å². The molecule has 0 amide bonds. The summed E-state index contributed by atoms with van der Waals surface area (Å²) >= 11 is 1.64. The van der Waals surface area contributed by atoms with Crippen molar-refractivity contribution in [3.8, 4) is 17.0 Å². The molecular formula is C19H17NO3S. The van der Waals surface area contributed by atoms with Crippen molar-refractivity contribution in [2.24, 2.45) is 0 Å². The van der Waals surface area contributed by atoms with Crippen LogP contribution in [0.5, 0.6) is 5.75 Å². The third-order valence-electron chi connectivity index (χ3n) is 3.75. The molecule has 122 valence electrons. The fraction of sp³-hybridized carbons (Fsp3) is 0.158. The van der Waals surface area contributed by atoms with Gasteiger partial charge in [0.25, 0.3) is 0 Å². The largest absolute Gasteiger partial charge is 0.497 e. The van der Waals surface area contributed by atoms with Crippen LogP contribution in [-0.4, -0.2) is 23.2 Å². The van der Waals surface area contributed by atoms with Gasteiger partial charge in [-0.05, 0) is 36.2 Å². The van der Waals surface area contributed by atoms with Gasteiger partial charge in [0.15, 0.2) is 0 Å². The van der Waals surface area contributed by atoms with Gasteiger partial charge in [0.2, 0.25) is 0 Å². The Labute approximate surface area is 144 Å². The van der Waals surface area contributed by atoms with Gasteiger partial charge in [0.05, 0.1) is 23.4 Å². The summed E-state index contributed by atoms with van der Waals surface area (Å²) < 4.78 is 5.25. The molecule has 3 rings (SSSR count). The first kappa shape index (κ1) is 16.2. The quantitative estimate of drug-likeness (QED) is 0.727. The molecule has 5 heteroatoms. The lowest BCUT2D eigenvalue weighted by Crippen LogP contribution is -1.97. The first-order chi connectivity index (χ1) is 11.7. The van der Waals surface area contributed by atoms with Gasteiger partial charge in [-0.2, -0.15) is 0 Å². The predicted molar refractivity (Wildman–Crippen MR) is 94.9 cm³/mol. The fourth-order valence-electron chi connectivity index (χ4n) is 2.41. The predicted octanol–water partition coefficient (Wildman–Crippen LogP) is 4.30. The molecule has 0 saturated carbocycles. The number of carboxylic acids is 1. The number of hydrogen-bond acceptors (Lipinski definition) is 4. The Hall–Kier alpha value is -2.66. The van der Waals surface area contributed by atoms with Gasteiger partial charge in [-0.25, -0.2) is 9.78 Å². The Balaban J connectivity index is 1.66. The lowest BCUT2D eigenvalue weighted by atomic mass is 10.1. The molecule has 0 atom stereocenters. The highest BCUT2D eigenvalue weighted by molar-refractivity contribution is 7.09. The SMILES string of the molecule is COc1cccc(-c2csc(CCc3ccc(C(=O)O)cc3)n2)c1. The van der Waals surface area contributed by atoms with Gasteiger partial charge in [-0.1, -0.05) is 24.3 Å². The number of methoxy groups -OCH3 is 1. The second-order valence-electron chi connectivity index (χ2n) is 5.36. The number of thiazole rings is 1. The molecule has 3 aromatic rings. The Morgan fingerprint density at radius 3 is 2.67 bits per heavy atom. The molecule has 1 aromatic heterocycles. The Morgan fingerprint density at radius 1 is 1.17 bits per heavy atom. The number of hydrogen-bond donors (Lipinski definition) is 1. The van der Waals surface area contributed by atoms with Crippen LogP contribution in [0, 0.1) is 0 Å². The molecule has 0 saturated heterocycles. The molecule has 2 aromatic carbocycles. The second-order valence-corrected chi connectivity index (χ2v) is 6.30. The van der Waals surface area contributed by atoms with Crippen molar-refractivity contribution in [2.75, 3.05) is 7.11 Å². The van der Waals surface area contributed by atoms with Crippen LogP contribution in [0.25, 0.3) is 11.3 Å². The highest BCUT2D eigenvalue weighted by Gasteiger charge is 2.07. The first-order valence-electron chi connectivity index (χ1n) is 7.57. The highest BCUT2D eigenvalue weighted by Crippen LogP contribution is 2.25. The maximum atomic E-state index is 10.9. The van der Waals surface area contributed by atoms with E-state index in [2.05, 4.69) is 10.4 Å².